The molecule has 2 aromatic rings. The van der Waals surface area contributed by atoms with Crippen molar-refractivity contribution >= 4 is 5.69 Å². The van der Waals surface area contributed by atoms with E-state index < -0.39 is 0 Å². The van der Waals surface area contributed by atoms with E-state index in [-0.39, 0.29) is 10.6 Å². The molecule has 0 unspecified atom stereocenters. The number of aromatic nitrogens is 2. The van der Waals surface area contributed by atoms with Crippen LogP contribution in [0.1, 0.15) is 11.1 Å². The third-order valence-electron chi connectivity index (χ3n) is 2.28. The van der Waals surface area contributed by atoms with E-state index in [1.807, 2.05) is 13.1 Å². The van der Waals surface area contributed by atoms with Crippen LogP contribution < -0.4 is 0 Å². The van der Waals surface area contributed by atoms with Gasteiger partial charge in [-0.15, -0.1) is 0 Å². The van der Waals surface area contributed by atoms with Gasteiger partial charge < -0.3 is 0 Å². The Labute approximate surface area is 92.5 Å². The number of hydrogen-bond donors (Lipinski definition) is 0. The van der Waals surface area contributed by atoms with Crippen LogP contribution in [-0.4, -0.2) is 14.7 Å². The summed E-state index contributed by atoms with van der Waals surface area (Å²) in [7, 11) is 0. The van der Waals surface area contributed by atoms with E-state index in [2.05, 4.69) is 5.10 Å². The molecule has 16 heavy (non-hydrogen) atoms. The highest BCUT2D eigenvalue weighted by atomic mass is 16.6. The molecule has 0 aliphatic heterocycles. The Balaban J connectivity index is 2.31. The third-order valence-corrected chi connectivity index (χ3v) is 2.28. The van der Waals surface area contributed by atoms with Crippen LogP contribution >= 0.6 is 0 Å². The molecule has 0 atom stereocenters. The molecule has 0 N–H and O–H groups in total. The minimum atomic E-state index is -0.369. The largest absolute Gasteiger partial charge is 0.274 e. The molecule has 1 aromatic heterocycles. The summed E-state index contributed by atoms with van der Waals surface area (Å²) in [5.74, 6) is 0. The molecule has 0 saturated heterocycles. The van der Waals surface area contributed by atoms with Gasteiger partial charge in [0.05, 0.1) is 23.2 Å². The van der Waals surface area contributed by atoms with Crippen LogP contribution in [0.2, 0.25) is 0 Å². The summed E-state index contributed by atoms with van der Waals surface area (Å²) in [5.41, 5.74) is 1.84. The number of benzene rings is 1. The van der Waals surface area contributed by atoms with Crippen molar-refractivity contribution in [2.24, 2.45) is 0 Å². The van der Waals surface area contributed by atoms with Crippen molar-refractivity contribution in [2.45, 2.75) is 13.5 Å². The quantitative estimate of drug-likeness (QED) is 0.584. The number of hydrogen-bond acceptors (Lipinski definition) is 3. The fraction of sp³-hybridized carbons (Fsp3) is 0.182. The number of para-hydroxylation sites is 1. The van der Waals surface area contributed by atoms with Gasteiger partial charge >= 0.3 is 0 Å². The van der Waals surface area contributed by atoms with Gasteiger partial charge in [-0.3, -0.25) is 14.8 Å². The summed E-state index contributed by atoms with van der Waals surface area (Å²) in [6, 6.07) is 6.70. The Morgan fingerprint density at radius 1 is 1.44 bits per heavy atom. The number of aryl methyl sites for hydroxylation is 1. The van der Waals surface area contributed by atoms with Gasteiger partial charge in [-0.2, -0.15) is 5.10 Å². The molecule has 82 valence electrons. The highest BCUT2D eigenvalue weighted by Crippen LogP contribution is 2.18. The molecular formula is C11H11N3O2. The number of nitrogens with zero attached hydrogens (tertiary/aromatic N) is 3. The molecule has 2 rings (SSSR count). The summed E-state index contributed by atoms with van der Waals surface area (Å²) in [5, 5.41) is 14.9. The van der Waals surface area contributed by atoms with Crippen LogP contribution in [0, 0.1) is 17.0 Å². The predicted molar refractivity (Wildman–Crippen MR) is 59.2 cm³/mol. The van der Waals surface area contributed by atoms with Crippen LogP contribution in [0.25, 0.3) is 0 Å². The monoisotopic (exact) mass is 217 g/mol. The molecule has 1 aromatic carbocycles. The molecule has 1 heterocycles. The van der Waals surface area contributed by atoms with Gasteiger partial charge in [-0.25, -0.2) is 0 Å². The molecular weight excluding hydrogens is 206 g/mol. The van der Waals surface area contributed by atoms with Crippen LogP contribution in [0.3, 0.4) is 0 Å². The smallest absolute Gasteiger partial charge is 0.268 e. The van der Waals surface area contributed by atoms with Crippen molar-refractivity contribution in [3.05, 3.63) is 57.9 Å². The zero-order chi connectivity index (χ0) is 11.5. The van der Waals surface area contributed by atoms with Crippen molar-refractivity contribution in [3.8, 4) is 0 Å². The zero-order valence-corrected chi connectivity index (χ0v) is 8.83. The van der Waals surface area contributed by atoms with Crippen molar-refractivity contribution in [1.82, 2.24) is 9.78 Å². The van der Waals surface area contributed by atoms with E-state index in [1.54, 1.807) is 29.1 Å². The second-order valence-electron chi connectivity index (χ2n) is 3.60. The average Bonchev–Trinajstić information content (AvgIpc) is 2.64. The molecule has 0 radical (unpaired) electrons. The lowest BCUT2D eigenvalue weighted by Crippen LogP contribution is -2.03. The normalized spacial score (nSPS) is 10.3. The first-order valence-electron chi connectivity index (χ1n) is 4.88. The van der Waals surface area contributed by atoms with Crippen molar-refractivity contribution < 1.29 is 4.92 Å². The minimum Gasteiger partial charge on any atom is -0.268 e. The van der Waals surface area contributed by atoms with Crippen molar-refractivity contribution in [2.75, 3.05) is 0 Å². The Hall–Kier alpha value is -2.17. The molecule has 0 spiro atoms. The number of nitro groups is 1. The standard InChI is InChI=1S/C11H11N3O2/c1-9-6-12-13(7-9)8-10-4-2-3-5-11(10)14(15)16/h2-7H,8H2,1H3. The summed E-state index contributed by atoms with van der Waals surface area (Å²) < 4.78 is 1.69. The van der Waals surface area contributed by atoms with Gasteiger partial charge in [0.2, 0.25) is 0 Å². The Morgan fingerprint density at radius 3 is 2.81 bits per heavy atom. The SMILES string of the molecule is Cc1cnn(Cc2ccccc2[N+](=O)[O-])c1. The molecule has 5 nitrogen and oxygen atoms in total. The van der Waals surface area contributed by atoms with Gasteiger partial charge in [-0.05, 0) is 12.5 Å². The first-order valence-corrected chi connectivity index (χ1v) is 4.88. The van der Waals surface area contributed by atoms with Gasteiger partial charge in [0, 0.05) is 12.3 Å². The summed E-state index contributed by atoms with van der Waals surface area (Å²) in [4.78, 5) is 10.4. The van der Waals surface area contributed by atoms with E-state index >= 15 is 0 Å². The molecule has 0 aliphatic carbocycles. The summed E-state index contributed by atoms with van der Waals surface area (Å²) >= 11 is 0. The third kappa shape index (κ3) is 2.08. The highest BCUT2D eigenvalue weighted by Gasteiger charge is 2.12. The lowest BCUT2D eigenvalue weighted by atomic mass is 10.2. The zero-order valence-electron chi connectivity index (χ0n) is 8.83. The average molecular weight is 217 g/mol. The van der Waals surface area contributed by atoms with Crippen molar-refractivity contribution in [1.29, 1.82) is 0 Å². The first-order chi connectivity index (χ1) is 7.66. The van der Waals surface area contributed by atoms with E-state index in [0.29, 0.717) is 12.1 Å². The minimum absolute atomic E-state index is 0.135. The van der Waals surface area contributed by atoms with E-state index in [9.17, 15) is 10.1 Å². The summed E-state index contributed by atoms with van der Waals surface area (Å²) in [6.45, 7) is 2.36. The van der Waals surface area contributed by atoms with Gasteiger partial charge in [0.1, 0.15) is 0 Å². The van der Waals surface area contributed by atoms with Crippen LogP contribution in [0.15, 0.2) is 36.7 Å². The van der Waals surface area contributed by atoms with E-state index in [0.717, 1.165) is 5.56 Å². The Morgan fingerprint density at radius 2 is 2.19 bits per heavy atom. The van der Waals surface area contributed by atoms with Gasteiger partial charge in [0.15, 0.2) is 0 Å². The van der Waals surface area contributed by atoms with Crippen LogP contribution in [0.5, 0.6) is 0 Å². The van der Waals surface area contributed by atoms with Crippen LogP contribution in [0.4, 0.5) is 5.69 Å². The molecule has 0 bridgehead atoms. The molecule has 5 heteroatoms. The predicted octanol–water partition coefficient (Wildman–Crippen LogP) is 2.15. The molecule has 0 saturated carbocycles. The summed E-state index contributed by atoms with van der Waals surface area (Å²) in [6.07, 6.45) is 3.59. The molecule has 0 fully saturated rings. The fourth-order valence-corrected chi connectivity index (χ4v) is 1.55. The lowest BCUT2D eigenvalue weighted by Gasteiger charge is -2.02. The maximum absolute atomic E-state index is 10.8. The van der Waals surface area contributed by atoms with Gasteiger partial charge in [-0.1, -0.05) is 18.2 Å². The second-order valence-corrected chi connectivity index (χ2v) is 3.60. The molecule has 0 amide bonds. The van der Waals surface area contributed by atoms with E-state index in [1.165, 1.54) is 6.07 Å². The van der Waals surface area contributed by atoms with Crippen molar-refractivity contribution in [3.63, 3.8) is 0 Å². The topological polar surface area (TPSA) is 61.0 Å². The maximum atomic E-state index is 10.8. The second kappa shape index (κ2) is 4.14. The Bertz CT molecular complexity index is 519. The van der Waals surface area contributed by atoms with Gasteiger partial charge in [0.25, 0.3) is 5.69 Å². The number of nitro benzene ring substituents is 1. The highest BCUT2D eigenvalue weighted by molar-refractivity contribution is 5.39. The molecule has 0 aliphatic rings. The fourth-order valence-electron chi connectivity index (χ4n) is 1.55. The first kappa shape index (κ1) is 10.4. The number of rotatable bonds is 3. The Kier molecular flexibility index (Phi) is 2.68. The van der Waals surface area contributed by atoms with Crippen LogP contribution in [-0.2, 0) is 6.54 Å². The maximum Gasteiger partial charge on any atom is 0.274 e. The lowest BCUT2D eigenvalue weighted by molar-refractivity contribution is -0.385. The van der Waals surface area contributed by atoms with E-state index in [4.69, 9.17) is 0 Å².